The minimum atomic E-state index is -4.75. The number of benzene rings is 1. The number of hydrogen-bond donors (Lipinski definition) is 1. The maximum Gasteiger partial charge on any atom is 0.419 e. The number of nitrogens with zero attached hydrogens (tertiary/aromatic N) is 5. The van der Waals surface area contributed by atoms with E-state index in [0.29, 0.717) is 61.3 Å². The second kappa shape index (κ2) is 9.90. The summed E-state index contributed by atoms with van der Waals surface area (Å²) < 4.78 is 52.4. The Morgan fingerprint density at radius 2 is 1.83 bits per heavy atom. The first-order valence-electron chi connectivity index (χ1n) is 11.8. The van der Waals surface area contributed by atoms with Crippen molar-refractivity contribution in [2.45, 2.75) is 46.0 Å². The fraction of sp³-hybridized carbons (Fsp3) is 0.500. The molecule has 12 heteroatoms. The maximum absolute atomic E-state index is 13.9. The molecule has 1 N–H and O–H groups in total. The number of amides is 2. The van der Waals surface area contributed by atoms with Crippen molar-refractivity contribution in [1.29, 1.82) is 0 Å². The second-order valence-corrected chi connectivity index (χ2v) is 9.21. The van der Waals surface area contributed by atoms with E-state index in [-0.39, 0.29) is 30.8 Å². The number of carbonyl (C=O) groups is 2. The molecule has 2 aromatic rings. The summed E-state index contributed by atoms with van der Waals surface area (Å²) in [6.45, 7) is 8.01. The highest BCUT2D eigenvalue weighted by Gasteiger charge is 2.36. The smallest absolute Gasteiger partial charge is 0.369 e. The molecule has 194 valence electrons. The molecule has 0 unspecified atom stereocenters. The molecule has 0 bridgehead atoms. The third-order valence-corrected chi connectivity index (χ3v) is 6.46. The lowest BCUT2D eigenvalue weighted by atomic mass is 10.1. The van der Waals surface area contributed by atoms with Gasteiger partial charge < -0.3 is 20.0 Å². The average Bonchev–Trinajstić information content (AvgIpc) is 3.15. The lowest BCUT2D eigenvalue weighted by Gasteiger charge is -2.34. The van der Waals surface area contributed by atoms with Crippen molar-refractivity contribution >= 4 is 23.6 Å². The lowest BCUT2D eigenvalue weighted by molar-refractivity contribution is -0.140. The van der Waals surface area contributed by atoms with Crippen molar-refractivity contribution in [3.8, 4) is 0 Å². The van der Waals surface area contributed by atoms with Crippen molar-refractivity contribution in [1.82, 2.24) is 19.8 Å². The number of piperazine rings is 1. The number of aromatic nitrogens is 2. The van der Waals surface area contributed by atoms with E-state index in [0.717, 1.165) is 12.1 Å². The van der Waals surface area contributed by atoms with Crippen LogP contribution in [0.15, 0.2) is 18.2 Å². The van der Waals surface area contributed by atoms with Crippen molar-refractivity contribution in [3.63, 3.8) is 0 Å². The summed E-state index contributed by atoms with van der Waals surface area (Å²) in [5.41, 5.74) is 0.0676. The summed E-state index contributed by atoms with van der Waals surface area (Å²) in [5, 5.41) is 3.18. The van der Waals surface area contributed by atoms with Crippen LogP contribution in [0.1, 0.15) is 48.0 Å². The highest BCUT2D eigenvalue weighted by atomic mass is 19.4. The Morgan fingerprint density at radius 3 is 2.42 bits per heavy atom. The van der Waals surface area contributed by atoms with E-state index in [9.17, 15) is 27.2 Å². The molecule has 1 fully saturated rings. The molecule has 0 aliphatic carbocycles. The molecule has 1 saturated heterocycles. The van der Waals surface area contributed by atoms with Crippen LogP contribution in [0.3, 0.4) is 0 Å². The number of carbonyl (C=O) groups excluding carboxylic acids is 2. The van der Waals surface area contributed by atoms with Gasteiger partial charge in [0.15, 0.2) is 0 Å². The topological polar surface area (TPSA) is 81.7 Å². The number of halogens is 4. The fourth-order valence-electron chi connectivity index (χ4n) is 4.37. The molecule has 2 amide bonds. The first kappa shape index (κ1) is 25.6. The molecule has 1 aromatic carbocycles. The predicted molar refractivity (Wildman–Crippen MR) is 125 cm³/mol. The van der Waals surface area contributed by atoms with Gasteiger partial charge in [0.1, 0.15) is 17.3 Å². The zero-order valence-corrected chi connectivity index (χ0v) is 20.3. The molecule has 36 heavy (non-hydrogen) atoms. The standard InChI is InChI=1S/C24H28F4N6O2/c1-14(2)34-13-17-20(22(34)36)30-23(33-10-8-32(9-11-33)15(3)35)31-21(17)29-7-6-16-4-5-18(19(25)12-16)24(26,27)28/h4-5,12,14H,6-11,13H2,1-3H3,(H,29,30,31). The average molecular weight is 509 g/mol. The van der Waals surface area contributed by atoms with Crippen LogP contribution in [0.25, 0.3) is 0 Å². The number of alkyl halides is 3. The Balaban J connectivity index is 1.54. The van der Waals surface area contributed by atoms with E-state index in [1.165, 1.54) is 13.0 Å². The maximum atomic E-state index is 13.9. The van der Waals surface area contributed by atoms with Crippen LogP contribution in [0.5, 0.6) is 0 Å². The zero-order valence-electron chi connectivity index (χ0n) is 20.3. The summed E-state index contributed by atoms with van der Waals surface area (Å²) in [5.74, 6) is -0.673. The molecule has 3 heterocycles. The monoisotopic (exact) mass is 508 g/mol. The summed E-state index contributed by atoms with van der Waals surface area (Å²) in [7, 11) is 0. The van der Waals surface area contributed by atoms with E-state index in [4.69, 9.17) is 0 Å². The van der Waals surface area contributed by atoms with Crippen LogP contribution in [0.2, 0.25) is 0 Å². The van der Waals surface area contributed by atoms with E-state index >= 15 is 0 Å². The van der Waals surface area contributed by atoms with E-state index in [2.05, 4.69) is 15.3 Å². The Bertz CT molecular complexity index is 1160. The van der Waals surface area contributed by atoms with Gasteiger partial charge in [0.2, 0.25) is 11.9 Å². The molecule has 2 aliphatic heterocycles. The highest BCUT2D eigenvalue weighted by Crippen LogP contribution is 2.32. The highest BCUT2D eigenvalue weighted by molar-refractivity contribution is 5.98. The minimum absolute atomic E-state index is 0.00525. The number of fused-ring (bicyclic) bond motifs is 1. The van der Waals surface area contributed by atoms with E-state index < -0.39 is 17.6 Å². The molecule has 0 atom stereocenters. The molecular formula is C24H28F4N6O2. The number of rotatable bonds is 6. The van der Waals surface area contributed by atoms with Gasteiger partial charge in [0.25, 0.3) is 5.91 Å². The zero-order chi connectivity index (χ0) is 26.2. The summed E-state index contributed by atoms with van der Waals surface area (Å²) in [4.78, 5) is 39.2. The van der Waals surface area contributed by atoms with Gasteiger partial charge in [-0.2, -0.15) is 18.2 Å². The lowest BCUT2D eigenvalue weighted by Crippen LogP contribution is -2.48. The molecule has 8 nitrogen and oxygen atoms in total. The minimum Gasteiger partial charge on any atom is -0.369 e. The Hall–Kier alpha value is -3.44. The Kier molecular flexibility index (Phi) is 7.05. The van der Waals surface area contributed by atoms with Gasteiger partial charge in [0, 0.05) is 51.3 Å². The van der Waals surface area contributed by atoms with Gasteiger partial charge in [-0.3, -0.25) is 9.59 Å². The van der Waals surface area contributed by atoms with Gasteiger partial charge in [-0.15, -0.1) is 0 Å². The van der Waals surface area contributed by atoms with E-state index in [1.54, 1.807) is 9.80 Å². The first-order valence-corrected chi connectivity index (χ1v) is 11.8. The molecule has 0 spiro atoms. The van der Waals surface area contributed by atoms with Crippen molar-refractivity contribution < 1.29 is 27.2 Å². The van der Waals surface area contributed by atoms with Gasteiger partial charge >= 0.3 is 6.18 Å². The quantitative estimate of drug-likeness (QED) is 0.603. The SMILES string of the molecule is CC(=O)N1CCN(c2nc(NCCc3ccc(C(F)(F)F)c(F)c3)c3c(n2)C(=O)N(C(C)C)C3)CC1. The van der Waals surface area contributed by atoms with Crippen LogP contribution in [-0.4, -0.2) is 70.3 Å². The van der Waals surface area contributed by atoms with Crippen LogP contribution in [0.4, 0.5) is 29.3 Å². The Morgan fingerprint density at radius 1 is 1.14 bits per heavy atom. The number of hydrogen-bond acceptors (Lipinski definition) is 6. The first-order chi connectivity index (χ1) is 17.0. The van der Waals surface area contributed by atoms with Crippen LogP contribution in [-0.2, 0) is 23.9 Å². The predicted octanol–water partition coefficient (Wildman–Crippen LogP) is 3.32. The van der Waals surface area contributed by atoms with Crippen LogP contribution >= 0.6 is 0 Å². The van der Waals surface area contributed by atoms with Crippen LogP contribution in [0, 0.1) is 5.82 Å². The third-order valence-electron chi connectivity index (χ3n) is 6.46. The normalized spacial score (nSPS) is 16.1. The van der Waals surface area contributed by atoms with Crippen molar-refractivity contribution in [2.75, 3.05) is 42.9 Å². The third kappa shape index (κ3) is 5.21. The molecule has 0 radical (unpaired) electrons. The number of anilines is 2. The summed E-state index contributed by atoms with van der Waals surface area (Å²) >= 11 is 0. The molecule has 1 aromatic heterocycles. The van der Waals surface area contributed by atoms with Gasteiger partial charge in [-0.25, -0.2) is 9.37 Å². The molecule has 0 saturated carbocycles. The van der Waals surface area contributed by atoms with E-state index in [1.807, 2.05) is 18.7 Å². The van der Waals surface area contributed by atoms with Crippen molar-refractivity contribution in [3.05, 3.63) is 46.4 Å². The molecular weight excluding hydrogens is 480 g/mol. The Labute approximate surface area is 206 Å². The van der Waals surface area contributed by atoms with Gasteiger partial charge in [0.05, 0.1) is 12.1 Å². The summed E-state index contributed by atoms with van der Waals surface area (Å²) in [6.07, 6.45) is -4.49. The second-order valence-electron chi connectivity index (χ2n) is 9.21. The number of nitrogens with one attached hydrogen (secondary N) is 1. The molecule has 2 aliphatic rings. The largest absolute Gasteiger partial charge is 0.419 e. The van der Waals surface area contributed by atoms with Crippen LogP contribution < -0.4 is 10.2 Å². The van der Waals surface area contributed by atoms with Gasteiger partial charge in [-0.05, 0) is 38.0 Å². The van der Waals surface area contributed by atoms with Gasteiger partial charge in [-0.1, -0.05) is 6.07 Å². The molecule has 4 rings (SSSR count). The fourth-order valence-corrected chi connectivity index (χ4v) is 4.37. The van der Waals surface area contributed by atoms with Crippen molar-refractivity contribution in [2.24, 2.45) is 0 Å². The summed E-state index contributed by atoms with van der Waals surface area (Å²) in [6, 6.07) is 2.84.